The van der Waals surface area contributed by atoms with Gasteiger partial charge in [-0.05, 0) is 43.2 Å². The van der Waals surface area contributed by atoms with E-state index in [4.69, 9.17) is 11.6 Å². The van der Waals surface area contributed by atoms with Gasteiger partial charge < -0.3 is 5.32 Å². The minimum absolute atomic E-state index is 0.195. The molecule has 1 aromatic carbocycles. The van der Waals surface area contributed by atoms with Crippen molar-refractivity contribution in [2.45, 2.75) is 6.92 Å². The highest BCUT2D eigenvalue weighted by Crippen LogP contribution is 2.10. The molecule has 0 atom stereocenters. The zero-order chi connectivity index (χ0) is 14.4. The summed E-state index contributed by atoms with van der Waals surface area (Å²) in [4.78, 5) is 16.1. The molecule has 4 heteroatoms. The average molecular weight is 285 g/mol. The Kier molecular flexibility index (Phi) is 4.75. The smallest absolute Gasteiger partial charge is 0.252 e. The Morgan fingerprint density at radius 2 is 2.10 bits per heavy atom. The quantitative estimate of drug-likeness (QED) is 0.862. The van der Waals surface area contributed by atoms with Gasteiger partial charge in [0.15, 0.2) is 0 Å². The lowest BCUT2D eigenvalue weighted by Gasteiger charge is -2.01. The van der Waals surface area contributed by atoms with Crippen LogP contribution in [0, 0.1) is 18.8 Å². The Bertz CT molecular complexity index is 686. The van der Waals surface area contributed by atoms with Crippen LogP contribution in [0.4, 0.5) is 0 Å². The largest absolute Gasteiger partial charge is 0.341 e. The number of aryl methyl sites for hydroxylation is 1. The Morgan fingerprint density at radius 3 is 2.85 bits per heavy atom. The predicted molar refractivity (Wildman–Crippen MR) is 79.6 cm³/mol. The van der Waals surface area contributed by atoms with Gasteiger partial charge in [-0.15, -0.1) is 0 Å². The molecule has 2 rings (SSSR count). The number of aromatic nitrogens is 1. The fourth-order valence-corrected chi connectivity index (χ4v) is 1.79. The van der Waals surface area contributed by atoms with Gasteiger partial charge >= 0.3 is 0 Å². The number of nitrogens with zero attached hydrogens (tertiary/aromatic N) is 1. The summed E-state index contributed by atoms with van der Waals surface area (Å²) in [6, 6.07) is 12.4. The van der Waals surface area contributed by atoms with Crippen molar-refractivity contribution in [3.63, 3.8) is 0 Å². The Balaban J connectivity index is 1.92. The number of pyridine rings is 1. The molecule has 0 bridgehead atoms. The molecule has 0 aliphatic rings. The number of carbonyl (C=O) groups is 1. The van der Waals surface area contributed by atoms with Crippen LogP contribution < -0.4 is 5.32 Å². The summed E-state index contributed by atoms with van der Waals surface area (Å²) in [7, 11) is 0. The summed E-state index contributed by atoms with van der Waals surface area (Å²) < 4.78 is 0. The maximum absolute atomic E-state index is 11.8. The molecule has 0 aliphatic heterocycles. The summed E-state index contributed by atoms with van der Waals surface area (Å²) >= 11 is 5.83. The lowest BCUT2D eigenvalue weighted by atomic mass is 10.2. The van der Waals surface area contributed by atoms with E-state index in [0.717, 1.165) is 5.69 Å². The van der Waals surface area contributed by atoms with Gasteiger partial charge in [-0.2, -0.15) is 0 Å². The van der Waals surface area contributed by atoms with Crippen LogP contribution in [0.25, 0.3) is 0 Å². The van der Waals surface area contributed by atoms with E-state index in [2.05, 4.69) is 22.1 Å². The first-order valence-electron chi connectivity index (χ1n) is 6.11. The fraction of sp³-hybridized carbons (Fsp3) is 0.125. The first-order valence-corrected chi connectivity index (χ1v) is 6.49. The van der Waals surface area contributed by atoms with Gasteiger partial charge in [-0.25, -0.2) is 4.98 Å². The van der Waals surface area contributed by atoms with Gasteiger partial charge in [0.2, 0.25) is 0 Å². The summed E-state index contributed by atoms with van der Waals surface area (Å²) in [5.74, 6) is 5.57. The van der Waals surface area contributed by atoms with Gasteiger partial charge in [-0.3, -0.25) is 4.79 Å². The molecule has 1 amide bonds. The first kappa shape index (κ1) is 14.1. The number of nitrogens with one attached hydrogen (secondary N) is 1. The first-order chi connectivity index (χ1) is 9.65. The van der Waals surface area contributed by atoms with Crippen LogP contribution in [0.2, 0.25) is 5.02 Å². The highest BCUT2D eigenvalue weighted by molar-refractivity contribution is 6.30. The molecular weight excluding hydrogens is 272 g/mol. The molecule has 0 saturated carbocycles. The van der Waals surface area contributed by atoms with Crippen LogP contribution in [-0.2, 0) is 0 Å². The van der Waals surface area contributed by atoms with Crippen LogP contribution in [0.15, 0.2) is 42.5 Å². The third kappa shape index (κ3) is 4.11. The van der Waals surface area contributed by atoms with E-state index >= 15 is 0 Å². The van der Waals surface area contributed by atoms with E-state index in [1.807, 2.05) is 25.1 Å². The molecule has 1 aromatic heterocycles. The van der Waals surface area contributed by atoms with Gasteiger partial charge in [0.05, 0.1) is 6.54 Å². The van der Waals surface area contributed by atoms with Crippen molar-refractivity contribution < 1.29 is 4.79 Å². The Morgan fingerprint density at radius 1 is 1.30 bits per heavy atom. The fourth-order valence-electron chi connectivity index (χ4n) is 1.60. The van der Waals surface area contributed by atoms with Gasteiger partial charge in [-0.1, -0.05) is 29.7 Å². The lowest BCUT2D eigenvalue weighted by Crippen LogP contribution is -2.23. The van der Waals surface area contributed by atoms with E-state index in [1.54, 1.807) is 24.3 Å². The maximum atomic E-state index is 11.8. The van der Waals surface area contributed by atoms with Gasteiger partial charge in [0.25, 0.3) is 5.91 Å². The lowest BCUT2D eigenvalue weighted by molar-refractivity contribution is 0.0958. The normalized spacial score (nSPS) is 9.50. The highest BCUT2D eigenvalue weighted by atomic mass is 35.5. The van der Waals surface area contributed by atoms with E-state index in [0.29, 0.717) is 16.3 Å². The molecule has 1 heterocycles. The molecule has 0 fully saturated rings. The topological polar surface area (TPSA) is 42.0 Å². The summed E-state index contributed by atoms with van der Waals surface area (Å²) in [5.41, 5.74) is 2.13. The number of hydrogen-bond acceptors (Lipinski definition) is 2. The van der Waals surface area contributed by atoms with Crippen molar-refractivity contribution in [2.24, 2.45) is 0 Å². The maximum Gasteiger partial charge on any atom is 0.252 e. The zero-order valence-electron chi connectivity index (χ0n) is 11.0. The number of halogens is 1. The number of rotatable bonds is 2. The molecule has 0 aliphatic carbocycles. The monoisotopic (exact) mass is 284 g/mol. The highest BCUT2D eigenvalue weighted by Gasteiger charge is 2.03. The molecular formula is C16H13ClN2O. The van der Waals surface area contributed by atoms with Crippen molar-refractivity contribution in [1.82, 2.24) is 10.3 Å². The number of benzene rings is 1. The van der Waals surface area contributed by atoms with E-state index < -0.39 is 0 Å². The van der Waals surface area contributed by atoms with Crippen molar-refractivity contribution in [1.29, 1.82) is 0 Å². The summed E-state index contributed by atoms with van der Waals surface area (Å²) in [6.45, 7) is 2.17. The van der Waals surface area contributed by atoms with Crippen molar-refractivity contribution in [3.05, 3.63) is 64.4 Å². The van der Waals surface area contributed by atoms with Crippen LogP contribution in [0.1, 0.15) is 21.7 Å². The predicted octanol–water partition coefficient (Wildman–Crippen LogP) is 2.82. The van der Waals surface area contributed by atoms with Gasteiger partial charge in [0.1, 0.15) is 5.69 Å². The molecule has 1 N–H and O–H groups in total. The Hall–Kier alpha value is -2.31. The van der Waals surface area contributed by atoms with Crippen molar-refractivity contribution >= 4 is 17.5 Å². The number of hydrogen-bond donors (Lipinski definition) is 1. The Labute approximate surface area is 123 Å². The second-order valence-corrected chi connectivity index (χ2v) is 4.60. The van der Waals surface area contributed by atoms with E-state index in [9.17, 15) is 4.79 Å². The minimum Gasteiger partial charge on any atom is -0.341 e. The van der Waals surface area contributed by atoms with Crippen LogP contribution >= 0.6 is 11.6 Å². The van der Waals surface area contributed by atoms with Crippen LogP contribution in [-0.4, -0.2) is 17.4 Å². The third-order valence-corrected chi connectivity index (χ3v) is 2.76. The van der Waals surface area contributed by atoms with Crippen molar-refractivity contribution in [2.75, 3.05) is 6.54 Å². The summed E-state index contributed by atoms with van der Waals surface area (Å²) in [6.07, 6.45) is 0. The molecule has 100 valence electrons. The van der Waals surface area contributed by atoms with Gasteiger partial charge in [0, 0.05) is 16.3 Å². The molecule has 0 saturated heterocycles. The minimum atomic E-state index is -0.195. The zero-order valence-corrected chi connectivity index (χ0v) is 11.7. The van der Waals surface area contributed by atoms with E-state index in [1.165, 1.54) is 0 Å². The third-order valence-electron chi connectivity index (χ3n) is 2.53. The van der Waals surface area contributed by atoms with Crippen LogP contribution in [0.5, 0.6) is 0 Å². The summed E-state index contributed by atoms with van der Waals surface area (Å²) in [5, 5.41) is 3.25. The average Bonchev–Trinajstić information content (AvgIpc) is 2.43. The van der Waals surface area contributed by atoms with Crippen molar-refractivity contribution in [3.8, 4) is 11.8 Å². The number of amides is 1. The SMILES string of the molecule is Cc1cccc(C#CCNC(=O)c2cccc(Cl)c2)n1. The second kappa shape index (κ2) is 6.74. The molecule has 2 aromatic rings. The van der Waals surface area contributed by atoms with E-state index in [-0.39, 0.29) is 12.5 Å². The second-order valence-electron chi connectivity index (χ2n) is 4.16. The standard InChI is InChI=1S/C16H13ClN2O/c1-12-5-2-8-15(19-12)9-4-10-18-16(20)13-6-3-7-14(17)11-13/h2-3,5-8,11H,10H2,1H3,(H,18,20). The van der Waals surface area contributed by atoms with Crippen LogP contribution in [0.3, 0.4) is 0 Å². The molecule has 0 unspecified atom stereocenters. The molecule has 0 radical (unpaired) electrons. The molecule has 3 nitrogen and oxygen atoms in total. The number of carbonyl (C=O) groups excluding carboxylic acids is 1. The molecule has 20 heavy (non-hydrogen) atoms. The molecule has 0 spiro atoms.